The van der Waals surface area contributed by atoms with E-state index >= 15 is 0 Å². The molecular formula is C26H29NO6. The minimum atomic E-state index is -1.17. The van der Waals surface area contributed by atoms with Crippen molar-refractivity contribution in [2.45, 2.75) is 52.0 Å². The van der Waals surface area contributed by atoms with Gasteiger partial charge >= 0.3 is 11.6 Å². The summed E-state index contributed by atoms with van der Waals surface area (Å²) in [5.74, 6) is -1.39. The minimum Gasteiger partial charge on any atom is -0.484 e. The van der Waals surface area contributed by atoms with Crippen molar-refractivity contribution in [3.05, 3.63) is 75.6 Å². The average molecular weight is 452 g/mol. The minimum absolute atomic E-state index is 0.349. The monoisotopic (exact) mass is 451 g/mol. The van der Waals surface area contributed by atoms with Crippen LogP contribution in [-0.2, 0) is 16.0 Å². The van der Waals surface area contributed by atoms with Crippen LogP contribution in [0.4, 0.5) is 0 Å². The Morgan fingerprint density at radius 2 is 1.85 bits per heavy atom. The quantitative estimate of drug-likeness (QED) is 0.327. The second kappa shape index (κ2) is 11.3. The lowest BCUT2D eigenvalue weighted by Gasteiger charge is -2.15. The van der Waals surface area contributed by atoms with Gasteiger partial charge in [0.25, 0.3) is 5.91 Å². The number of aryl methyl sites for hydroxylation is 1. The molecule has 7 heteroatoms. The molecule has 1 atom stereocenters. The molecule has 1 amide bonds. The summed E-state index contributed by atoms with van der Waals surface area (Å²) < 4.78 is 11.0. The highest BCUT2D eigenvalue weighted by molar-refractivity contribution is 5.86. The number of carboxylic acid groups (broad SMARTS) is 1. The van der Waals surface area contributed by atoms with Gasteiger partial charge in [-0.25, -0.2) is 9.59 Å². The Morgan fingerprint density at radius 1 is 1.09 bits per heavy atom. The second-order valence-corrected chi connectivity index (χ2v) is 8.00. The van der Waals surface area contributed by atoms with Crippen molar-refractivity contribution >= 4 is 22.8 Å². The molecule has 0 aliphatic carbocycles. The third-order valence-electron chi connectivity index (χ3n) is 5.59. The van der Waals surface area contributed by atoms with Crippen molar-refractivity contribution in [1.82, 2.24) is 5.32 Å². The van der Waals surface area contributed by atoms with Gasteiger partial charge in [-0.2, -0.15) is 0 Å². The van der Waals surface area contributed by atoms with Gasteiger partial charge in [0.1, 0.15) is 11.3 Å². The first-order valence-electron chi connectivity index (χ1n) is 11.2. The van der Waals surface area contributed by atoms with Gasteiger partial charge < -0.3 is 19.6 Å². The molecule has 7 nitrogen and oxygen atoms in total. The van der Waals surface area contributed by atoms with E-state index in [1.807, 2.05) is 6.92 Å². The normalized spacial score (nSPS) is 11.8. The van der Waals surface area contributed by atoms with E-state index in [0.29, 0.717) is 28.9 Å². The Morgan fingerprint density at radius 3 is 2.55 bits per heavy atom. The first kappa shape index (κ1) is 24.0. The Hall–Kier alpha value is -3.61. The fraction of sp³-hybridized carbons (Fsp3) is 0.346. The van der Waals surface area contributed by atoms with Crippen LogP contribution in [0.2, 0.25) is 0 Å². The van der Waals surface area contributed by atoms with Crippen molar-refractivity contribution in [3.63, 3.8) is 0 Å². The molecule has 3 aromatic rings. The zero-order chi connectivity index (χ0) is 23.8. The van der Waals surface area contributed by atoms with Crippen LogP contribution in [0.5, 0.6) is 5.75 Å². The van der Waals surface area contributed by atoms with E-state index in [1.165, 1.54) is 0 Å². The maximum absolute atomic E-state index is 12.5. The van der Waals surface area contributed by atoms with Gasteiger partial charge in [0.2, 0.25) is 0 Å². The van der Waals surface area contributed by atoms with Crippen LogP contribution in [0.3, 0.4) is 0 Å². The lowest BCUT2D eigenvalue weighted by molar-refractivity contribution is -0.142. The van der Waals surface area contributed by atoms with Crippen molar-refractivity contribution < 1.29 is 23.8 Å². The highest BCUT2D eigenvalue weighted by Gasteiger charge is 2.22. The molecule has 0 saturated carbocycles. The molecule has 0 aliphatic rings. The van der Waals surface area contributed by atoms with Crippen molar-refractivity contribution in [1.29, 1.82) is 0 Å². The first-order chi connectivity index (χ1) is 15.9. The summed E-state index contributed by atoms with van der Waals surface area (Å²) in [6.07, 6.45) is 4.99. The molecule has 0 radical (unpaired) electrons. The van der Waals surface area contributed by atoms with E-state index in [9.17, 15) is 19.5 Å². The number of unbranched alkanes of at least 4 members (excludes halogenated alkanes) is 3. The maximum atomic E-state index is 12.5. The number of hydrogen-bond acceptors (Lipinski definition) is 5. The number of amides is 1. The fourth-order valence-corrected chi connectivity index (χ4v) is 3.77. The van der Waals surface area contributed by atoms with Gasteiger partial charge in [-0.1, -0.05) is 56.5 Å². The highest BCUT2D eigenvalue weighted by atomic mass is 16.5. The number of nitrogens with one attached hydrogen (secondary N) is 1. The Bertz CT molecular complexity index is 1170. The number of carbonyl (C=O) groups is 2. The van der Waals surface area contributed by atoms with Gasteiger partial charge in [-0.3, -0.25) is 4.79 Å². The van der Waals surface area contributed by atoms with E-state index in [0.717, 1.165) is 36.6 Å². The maximum Gasteiger partial charge on any atom is 0.339 e. The van der Waals surface area contributed by atoms with E-state index in [1.54, 1.807) is 48.5 Å². The SMILES string of the molecule is CCCCCCc1c(C)c2ccc(OCC(=O)N[C@H](C(=O)O)c3ccccc3)cc2oc1=O. The number of carbonyl (C=O) groups excluding carboxylic acids is 1. The molecule has 0 spiro atoms. The third-order valence-corrected chi connectivity index (χ3v) is 5.59. The van der Waals surface area contributed by atoms with E-state index in [-0.39, 0.29) is 12.2 Å². The van der Waals surface area contributed by atoms with Crippen LogP contribution >= 0.6 is 0 Å². The number of hydrogen-bond donors (Lipinski definition) is 2. The van der Waals surface area contributed by atoms with Crippen molar-refractivity contribution in [2.75, 3.05) is 6.61 Å². The summed E-state index contributed by atoms with van der Waals surface area (Å²) in [6, 6.07) is 12.3. The van der Waals surface area contributed by atoms with Crippen LogP contribution < -0.4 is 15.7 Å². The van der Waals surface area contributed by atoms with E-state index < -0.39 is 17.9 Å². The summed E-state index contributed by atoms with van der Waals surface area (Å²) >= 11 is 0. The number of carboxylic acids is 1. The summed E-state index contributed by atoms with van der Waals surface area (Å²) in [6.45, 7) is 3.69. The lowest BCUT2D eigenvalue weighted by atomic mass is 10.0. The standard InChI is InChI=1S/C26H29NO6/c1-3-4-5-9-12-21-17(2)20-14-13-19(15-22(20)33-26(21)31)32-16-23(28)27-24(25(29)30)18-10-7-6-8-11-18/h6-8,10-11,13-15,24H,3-5,9,12,16H2,1-2H3,(H,27,28)(H,29,30)/t24-/m0/s1. The van der Waals surface area contributed by atoms with Crippen molar-refractivity contribution in [3.8, 4) is 5.75 Å². The molecule has 33 heavy (non-hydrogen) atoms. The molecule has 1 heterocycles. The molecule has 0 saturated heterocycles. The number of benzene rings is 2. The van der Waals surface area contributed by atoms with Crippen LogP contribution in [0, 0.1) is 6.92 Å². The van der Waals surface area contributed by atoms with Crippen LogP contribution in [0.15, 0.2) is 57.7 Å². The van der Waals surface area contributed by atoms with Gasteiger partial charge in [0.15, 0.2) is 12.6 Å². The van der Waals surface area contributed by atoms with Crippen LogP contribution in [-0.4, -0.2) is 23.6 Å². The van der Waals surface area contributed by atoms with Gasteiger partial charge in [0.05, 0.1) is 0 Å². The first-order valence-corrected chi connectivity index (χ1v) is 11.2. The molecular weight excluding hydrogens is 422 g/mol. The molecule has 2 aromatic carbocycles. The Balaban J connectivity index is 1.67. The zero-order valence-corrected chi connectivity index (χ0v) is 18.9. The molecule has 1 aromatic heterocycles. The largest absolute Gasteiger partial charge is 0.484 e. The number of rotatable bonds is 11. The smallest absolute Gasteiger partial charge is 0.339 e. The third kappa shape index (κ3) is 6.22. The molecule has 2 N–H and O–H groups in total. The number of aliphatic carboxylic acids is 1. The van der Waals surface area contributed by atoms with E-state index in [4.69, 9.17) is 9.15 Å². The van der Waals surface area contributed by atoms with Crippen molar-refractivity contribution in [2.24, 2.45) is 0 Å². The summed E-state index contributed by atoms with van der Waals surface area (Å²) in [5.41, 5.74) is 2.10. The fourth-order valence-electron chi connectivity index (χ4n) is 3.77. The summed E-state index contributed by atoms with van der Waals surface area (Å²) in [7, 11) is 0. The predicted octanol–water partition coefficient (Wildman–Crippen LogP) is 4.55. The number of ether oxygens (including phenoxy) is 1. The van der Waals surface area contributed by atoms with Gasteiger partial charge in [-0.15, -0.1) is 0 Å². The Labute approximate surface area is 192 Å². The zero-order valence-electron chi connectivity index (χ0n) is 18.9. The van der Waals surface area contributed by atoms with Gasteiger partial charge in [-0.05, 0) is 43.0 Å². The Kier molecular flexibility index (Phi) is 8.24. The topological polar surface area (TPSA) is 106 Å². The molecule has 0 unspecified atom stereocenters. The molecule has 0 fully saturated rings. The molecule has 0 bridgehead atoms. The lowest BCUT2D eigenvalue weighted by Crippen LogP contribution is -2.36. The predicted molar refractivity (Wildman–Crippen MR) is 126 cm³/mol. The molecule has 3 rings (SSSR count). The second-order valence-electron chi connectivity index (χ2n) is 8.00. The average Bonchev–Trinajstić information content (AvgIpc) is 2.80. The number of fused-ring (bicyclic) bond motifs is 1. The van der Waals surface area contributed by atoms with Crippen LogP contribution in [0.1, 0.15) is 55.3 Å². The molecule has 0 aliphatic heterocycles. The molecule has 174 valence electrons. The van der Waals surface area contributed by atoms with Crippen LogP contribution in [0.25, 0.3) is 11.0 Å². The van der Waals surface area contributed by atoms with Gasteiger partial charge in [0, 0.05) is 17.0 Å². The summed E-state index contributed by atoms with van der Waals surface area (Å²) in [5, 5.41) is 12.7. The summed E-state index contributed by atoms with van der Waals surface area (Å²) in [4.78, 5) is 36.3. The highest BCUT2D eigenvalue weighted by Crippen LogP contribution is 2.25. The van der Waals surface area contributed by atoms with E-state index in [2.05, 4.69) is 12.2 Å².